The van der Waals surface area contributed by atoms with E-state index in [4.69, 9.17) is 9.47 Å². The van der Waals surface area contributed by atoms with Crippen molar-refractivity contribution >= 4 is 5.97 Å². The molecule has 124 valence electrons. The number of carboxylic acid groups (broad SMARTS) is 1. The molecule has 1 fully saturated rings. The van der Waals surface area contributed by atoms with Gasteiger partial charge in [-0.25, -0.2) is 0 Å². The summed E-state index contributed by atoms with van der Waals surface area (Å²) in [7, 11) is 0. The standard InChI is InChI=1S/C16H31NO4/c1-13(2)17-16(3,15(18)19)8-4-5-9-21-12-14-6-10-20-11-7-14/h13-14,17H,4-12H2,1-3H3,(H,18,19). The highest BCUT2D eigenvalue weighted by atomic mass is 16.5. The lowest BCUT2D eigenvalue weighted by atomic mass is 9.94. The fraction of sp³-hybridized carbons (Fsp3) is 0.938. The van der Waals surface area contributed by atoms with E-state index >= 15 is 0 Å². The monoisotopic (exact) mass is 301 g/mol. The molecule has 1 aliphatic heterocycles. The topological polar surface area (TPSA) is 67.8 Å². The van der Waals surface area contributed by atoms with Crippen LogP contribution in [0.5, 0.6) is 0 Å². The Kier molecular flexibility index (Phi) is 8.22. The van der Waals surface area contributed by atoms with E-state index in [2.05, 4.69) is 5.32 Å². The zero-order chi connectivity index (χ0) is 15.7. The van der Waals surface area contributed by atoms with Crippen molar-refractivity contribution in [3.05, 3.63) is 0 Å². The maximum atomic E-state index is 11.4. The maximum absolute atomic E-state index is 11.4. The van der Waals surface area contributed by atoms with Gasteiger partial charge in [-0.1, -0.05) is 0 Å². The molecule has 0 aromatic heterocycles. The van der Waals surface area contributed by atoms with Crippen LogP contribution in [0.2, 0.25) is 0 Å². The molecule has 0 radical (unpaired) electrons. The fourth-order valence-electron chi connectivity index (χ4n) is 2.72. The first kappa shape index (κ1) is 18.4. The molecule has 0 aromatic carbocycles. The van der Waals surface area contributed by atoms with Gasteiger partial charge in [0.1, 0.15) is 5.54 Å². The number of rotatable bonds is 10. The Morgan fingerprint density at radius 2 is 2.05 bits per heavy atom. The highest BCUT2D eigenvalue weighted by Crippen LogP contribution is 2.17. The third kappa shape index (κ3) is 7.25. The van der Waals surface area contributed by atoms with E-state index in [1.54, 1.807) is 6.92 Å². The minimum atomic E-state index is -0.838. The molecule has 0 spiro atoms. The average molecular weight is 301 g/mol. The third-order valence-corrected chi connectivity index (χ3v) is 3.99. The molecular formula is C16H31NO4. The van der Waals surface area contributed by atoms with Gasteiger partial charge >= 0.3 is 5.97 Å². The van der Waals surface area contributed by atoms with Crippen LogP contribution in [-0.4, -0.2) is 49.1 Å². The molecule has 1 aliphatic rings. The van der Waals surface area contributed by atoms with Gasteiger partial charge in [0.2, 0.25) is 0 Å². The summed E-state index contributed by atoms with van der Waals surface area (Å²) < 4.78 is 11.0. The number of hydrogen-bond acceptors (Lipinski definition) is 4. The number of carbonyl (C=O) groups is 1. The maximum Gasteiger partial charge on any atom is 0.323 e. The van der Waals surface area contributed by atoms with Crippen molar-refractivity contribution in [1.82, 2.24) is 5.32 Å². The largest absolute Gasteiger partial charge is 0.480 e. The van der Waals surface area contributed by atoms with Crippen LogP contribution in [0.3, 0.4) is 0 Å². The molecule has 21 heavy (non-hydrogen) atoms. The number of aliphatic carboxylic acids is 1. The lowest BCUT2D eigenvalue weighted by molar-refractivity contribution is -0.144. The summed E-state index contributed by atoms with van der Waals surface area (Å²) in [4.78, 5) is 11.4. The molecule has 5 heteroatoms. The van der Waals surface area contributed by atoms with Crippen molar-refractivity contribution in [1.29, 1.82) is 0 Å². The Bertz CT molecular complexity index is 303. The lowest BCUT2D eigenvalue weighted by Crippen LogP contribution is -2.52. The molecule has 0 aromatic rings. The second-order valence-corrected chi connectivity index (χ2v) is 6.52. The summed E-state index contributed by atoms with van der Waals surface area (Å²) >= 11 is 0. The minimum absolute atomic E-state index is 0.163. The Hall–Kier alpha value is -0.650. The third-order valence-electron chi connectivity index (χ3n) is 3.99. The summed E-state index contributed by atoms with van der Waals surface area (Å²) in [6, 6.07) is 0.163. The summed E-state index contributed by atoms with van der Waals surface area (Å²) in [6.45, 7) is 8.94. The van der Waals surface area contributed by atoms with Crippen molar-refractivity contribution < 1.29 is 19.4 Å². The zero-order valence-electron chi connectivity index (χ0n) is 13.7. The van der Waals surface area contributed by atoms with Gasteiger partial charge in [-0.3, -0.25) is 10.1 Å². The molecule has 5 nitrogen and oxygen atoms in total. The summed E-state index contributed by atoms with van der Waals surface area (Å²) in [5, 5.41) is 12.5. The van der Waals surface area contributed by atoms with Crippen LogP contribution < -0.4 is 5.32 Å². The first-order valence-electron chi connectivity index (χ1n) is 8.10. The Morgan fingerprint density at radius 1 is 1.38 bits per heavy atom. The number of unbranched alkanes of at least 4 members (excludes halogenated alkanes) is 1. The van der Waals surface area contributed by atoms with Crippen LogP contribution in [0.25, 0.3) is 0 Å². The molecule has 1 saturated heterocycles. The van der Waals surface area contributed by atoms with Gasteiger partial charge in [-0.2, -0.15) is 0 Å². The molecule has 0 aliphatic carbocycles. The molecule has 1 atom stereocenters. The summed E-state index contributed by atoms with van der Waals surface area (Å²) in [6.07, 6.45) is 4.58. The van der Waals surface area contributed by atoms with E-state index < -0.39 is 11.5 Å². The van der Waals surface area contributed by atoms with Crippen LogP contribution in [0, 0.1) is 5.92 Å². The second-order valence-electron chi connectivity index (χ2n) is 6.52. The van der Waals surface area contributed by atoms with Crippen LogP contribution in [-0.2, 0) is 14.3 Å². The Labute approximate surface area is 128 Å². The van der Waals surface area contributed by atoms with Gasteiger partial charge < -0.3 is 14.6 Å². The smallest absolute Gasteiger partial charge is 0.323 e. The first-order chi connectivity index (χ1) is 9.94. The van der Waals surface area contributed by atoms with Crippen molar-refractivity contribution in [2.75, 3.05) is 26.4 Å². The molecule has 2 N–H and O–H groups in total. The van der Waals surface area contributed by atoms with E-state index in [0.29, 0.717) is 18.9 Å². The number of hydrogen-bond donors (Lipinski definition) is 2. The van der Waals surface area contributed by atoms with Crippen LogP contribution in [0.1, 0.15) is 52.9 Å². The van der Waals surface area contributed by atoms with E-state index in [0.717, 1.165) is 45.5 Å². The molecule has 0 saturated carbocycles. The second kappa shape index (κ2) is 9.38. The van der Waals surface area contributed by atoms with Crippen molar-refractivity contribution in [2.24, 2.45) is 5.92 Å². The Morgan fingerprint density at radius 3 is 2.62 bits per heavy atom. The van der Waals surface area contributed by atoms with Gasteiger partial charge in [-0.15, -0.1) is 0 Å². The predicted octanol–water partition coefficient (Wildman–Crippen LogP) is 2.44. The fourth-order valence-corrected chi connectivity index (χ4v) is 2.72. The zero-order valence-corrected chi connectivity index (χ0v) is 13.7. The molecule has 1 unspecified atom stereocenters. The van der Waals surface area contributed by atoms with E-state index in [1.807, 2.05) is 13.8 Å². The summed E-state index contributed by atoms with van der Waals surface area (Å²) in [5.41, 5.74) is -0.838. The number of ether oxygens (including phenoxy) is 2. The van der Waals surface area contributed by atoms with E-state index in [-0.39, 0.29) is 6.04 Å². The van der Waals surface area contributed by atoms with Gasteiger partial charge in [-0.05, 0) is 58.8 Å². The number of carboxylic acids is 1. The molecule has 1 rings (SSSR count). The quantitative estimate of drug-likeness (QED) is 0.607. The first-order valence-corrected chi connectivity index (χ1v) is 8.10. The van der Waals surface area contributed by atoms with Crippen LogP contribution >= 0.6 is 0 Å². The van der Waals surface area contributed by atoms with Crippen molar-refractivity contribution in [3.63, 3.8) is 0 Å². The molecular weight excluding hydrogens is 270 g/mol. The van der Waals surface area contributed by atoms with Crippen LogP contribution in [0.15, 0.2) is 0 Å². The van der Waals surface area contributed by atoms with E-state index in [1.165, 1.54) is 0 Å². The van der Waals surface area contributed by atoms with Gasteiger partial charge in [0.15, 0.2) is 0 Å². The molecule has 0 bridgehead atoms. The van der Waals surface area contributed by atoms with Crippen molar-refractivity contribution in [2.45, 2.75) is 64.5 Å². The highest BCUT2D eigenvalue weighted by Gasteiger charge is 2.32. The normalized spacial score (nSPS) is 19.6. The average Bonchev–Trinajstić information content (AvgIpc) is 2.43. The summed E-state index contributed by atoms with van der Waals surface area (Å²) in [5.74, 6) is -0.148. The highest BCUT2D eigenvalue weighted by molar-refractivity contribution is 5.78. The van der Waals surface area contributed by atoms with Crippen LogP contribution in [0.4, 0.5) is 0 Å². The predicted molar refractivity (Wildman–Crippen MR) is 82.5 cm³/mol. The SMILES string of the molecule is CC(C)NC(C)(CCCCOCC1CCOCC1)C(=O)O. The molecule has 0 amide bonds. The van der Waals surface area contributed by atoms with E-state index in [9.17, 15) is 9.90 Å². The van der Waals surface area contributed by atoms with Gasteiger partial charge in [0.25, 0.3) is 0 Å². The Balaban J connectivity index is 2.12. The lowest BCUT2D eigenvalue weighted by Gasteiger charge is -2.28. The van der Waals surface area contributed by atoms with Crippen molar-refractivity contribution in [3.8, 4) is 0 Å². The molecule has 1 heterocycles. The number of nitrogens with one attached hydrogen (secondary N) is 1. The van der Waals surface area contributed by atoms with Gasteiger partial charge in [0.05, 0.1) is 0 Å². The van der Waals surface area contributed by atoms with Gasteiger partial charge in [0, 0.05) is 32.5 Å². The minimum Gasteiger partial charge on any atom is -0.480 e.